The van der Waals surface area contributed by atoms with Crippen molar-refractivity contribution in [1.29, 1.82) is 0 Å². The highest BCUT2D eigenvalue weighted by Crippen LogP contribution is 2.50. The average molecular weight is 611 g/mol. The van der Waals surface area contributed by atoms with Gasteiger partial charge in [-0.05, 0) is 60.5 Å². The number of nitrogen functional groups attached to an aromatic ring is 1. The first kappa shape index (κ1) is 34.9. The van der Waals surface area contributed by atoms with Crippen molar-refractivity contribution >= 4 is 30.8 Å². The van der Waals surface area contributed by atoms with Crippen LogP contribution in [-0.2, 0) is 18.0 Å². The Morgan fingerprint density at radius 2 is 1.43 bits per heavy atom. The van der Waals surface area contributed by atoms with E-state index in [1.54, 1.807) is 12.3 Å². The number of anilines is 1. The van der Waals surface area contributed by atoms with E-state index >= 15 is 0 Å². The maximum Gasteiger partial charge on any atom is 0.388 e. The summed E-state index contributed by atoms with van der Waals surface area (Å²) in [6.45, 7) is 40.9. The molecule has 4 atom stereocenters. The number of nitrogens with two attached hydrogens (primary N) is 1. The smallest absolute Gasteiger partial charge is 0.388 e. The molecule has 1 aromatic heterocycles. The molecule has 1 aliphatic rings. The van der Waals surface area contributed by atoms with E-state index in [0.717, 1.165) is 0 Å². The molecule has 2 heterocycles. The maximum atomic E-state index is 13.1. The van der Waals surface area contributed by atoms with E-state index in [1.807, 2.05) is 0 Å². The largest absolute Gasteiger partial charge is 0.406 e. The maximum absolute atomic E-state index is 13.1. The third-order valence-corrected chi connectivity index (χ3v) is 23.0. The minimum atomic E-state index is -2.46. The highest BCUT2D eigenvalue weighted by Gasteiger charge is 2.67. The molecule has 2 rings (SSSR count). The summed E-state index contributed by atoms with van der Waals surface area (Å²) in [4.78, 5) is 21.2. The Morgan fingerprint density at radius 3 is 1.85 bits per heavy atom. The summed E-state index contributed by atoms with van der Waals surface area (Å²) in [5.41, 5.74) is 3.73. The lowest BCUT2D eigenvalue weighted by Crippen LogP contribution is -2.58. The predicted octanol–water partition coefficient (Wildman–Crippen LogP) is 6.77. The molecule has 12 heteroatoms. The van der Waals surface area contributed by atoms with E-state index in [-0.39, 0.29) is 27.5 Å². The molecule has 1 unspecified atom stereocenters. The van der Waals surface area contributed by atoms with Crippen molar-refractivity contribution in [2.45, 2.75) is 141 Å². The summed E-state index contributed by atoms with van der Waals surface area (Å²) in [6, 6.07) is 1.56. The fraction of sp³-hybridized carbons (Fsp3) is 0.821. The van der Waals surface area contributed by atoms with Crippen LogP contribution in [0.4, 0.5) is 5.82 Å². The Bertz CT molecular complexity index is 1160. The topological polar surface area (TPSA) is 102 Å². The summed E-state index contributed by atoms with van der Waals surface area (Å²) in [5, 5.41) is -0.344. The highest BCUT2D eigenvalue weighted by molar-refractivity contribution is 6.75. The molecule has 228 valence electrons. The van der Waals surface area contributed by atoms with Crippen molar-refractivity contribution in [3.05, 3.63) is 34.2 Å². The van der Waals surface area contributed by atoms with Crippen LogP contribution in [0.15, 0.2) is 17.1 Å². The second-order valence-electron chi connectivity index (χ2n) is 15.7. The number of rotatable bonds is 8. The van der Waals surface area contributed by atoms with Crippen molar-refractivity contribution in [2.75, 3.05) is 12.3 Å². The van der Waals surface area contributed by atoms with Gasteiger partial charge < -0.3 is 19.0 Å². The van der Waals surface area contributed by atoms with Gasteiger partial charge in [0.1, 0.15) is 18.5 Å². The van der Waals surface area contributed by atoms with Gasteiger partial charge in [-0.3, -0.25) is 14.1 Å². The van der Waals surface area contributed by atoms with Gasteiger partial charge in [0, 0.05) is 6.20 Å². The van der Waals surface area contributed by atoms with Gasteiger partial charge in [0.05, 0.1) is 0 Å². The van der Waals surface area contributed by atoms with Crippen LogP contribution in [0.25, 0.3) is 4.85 Å². The van der Waals surface area contributed by atoms with Gasteiger partial charge in [-0.1, -0.05) is 62.3 Å². The first-order valence-electron chi connectivity index (χ1n) is 14.1. The summed E-state index contributed by atoms with van der Waals surface area (Å²) >= 11 is 0. The van der Waals surface area contributed by atoms with E-state index in [9.17, 15) is 4.79 Å². The lowest BCUT2D eigenvalue weighted by molar-refractivity contribution is -0.0964. The monoisotopic (exact) mass is 610 g/mol. The van der Waals surface area contributed by atoms with Crippen LogP contribution in [0.1, 0.15) is 68.5 Å². The number of nitrogens with zero attached hydrogens (tertiary/aromatic N) is 3. The van der Waals surface area contributed by atoms with Gasteiger partial charge in [-0.15, -0.1) is 0 Å². The molecule has 9 nitrogen and oxygen atoms in total. The molecule has 0 aromatic carbocycles. The molecule has 1 aliphatic heterocycles. The highest BCUT2D eigenvalue weighted by atomic mass is 28.4. The third-order valence-electron chi connectivity index (χ3n) is 9.57. The Kier molecular flexibility index (Phi) is 9.64. The van der Waals surface area contributed by atoms with Crippen LogP contribution in [0, 0.1) is 6.57 Å². The van der Waals surface area contributed by atoms with Crippen molar-refractivity contribution in [2.24, 2.45) is 0 Å². The van der Waals surface area contributed by atoms with Gasteiger partial charge in [0.15, 0.2) is 37.3 Å². The molecule has 0 spiro atoms. The normalized spacial score (nSPS) is 25.2. The van der Waals surface area contributed by atoms with Crippen LogP contribution in [-0.4, -0.2) is 59.0 Å². The predicted molar refractivity (Wildman–Crippen MR) is 170 cm³/mol. The molecular weight excluding hydrogens is 557 g/mol. The molecule has 2 N–H and O–H groups in total. The van der Waals surface area contributed by atoms with Gasteiger partial charge in [0.2, 0.25) is 0 Å². The fourth-order valence-corrected chi connectivity index (χ4v) is 7.19. The zero-order valence-electron chi connectivity index (χ0n) is 27.6. The van der Waals surface area contributed by atoms with Crippen LogP contribution in [0.5, 0.6) is 0 Å². The third kappa shape index (κ3) is 6.99. The Hall–Kier alpha value is -1.34. The van der Waals surface area contributed by atoms with Gasteiger partial charge in [0.25, 0.3) is 0 Å². The molecule has 0 radical (unpaired) electrons. The number of ether oxygens (including phenoxy) is 1. The van der Waals surface area contributed by atoms with Crippen molar-refractivity contribution in [1.82, 2.24) is 9.55 Å². The fourth-order valence-electron chi connectivity index (χ4n) is 3.61. The molecule has 1 fully saturated rings. The lowest BCUT2D eigenvalue weighted by atomic mass is 10.1. The van der Waals surface area contributed by atoms with Gasteiger partial charge in [-0.25, -0.2) is 11.4 Å². The second kappa shape index (κ2) is 11.1. The number of hydrogen-bond donors (Lipinski definition) is 1. The Labute approximate surface area is 245 Å². The number of aromatic nitrogens is 2. The zero-order chi connectivity index (χ0) is 31.3. The molecular formula is C28H54N4O5Si3. The van der Waals surface area contributed by atoms with Crippen molar-refractivity contribution in [3.63, 3.8) is 0 Å². The molecule has 0 aliphatic carbocycles. The Morgan fingerprint density at radius 1 is 0.950 bits per heavy atom. The first-order valence-corrected chi connectivity index (χ1v) is 22.8. The summed E-state index contributed by atoms with van der Waals surface area (Å²) in [7, 11) is -7.17. The first-order chi connectivity index (χ1) is 17.7. The van der Waals surface area contributed by atoms with E-state index in [2.05, 4.69) is 111 Å². The second-order valence-corrected chi connectivity index (χ2v) is 30.0. The minimum Gasteiger partial charge on any atom is -0.406 e. The summed E-state index contributed by atoms with van der Waals surface area (Å²) in [5.74, 6) is 0.118. The molecule has 0 saturated carbocycles. The standard InChI is InChI=1S/C28H54N4O5Si3/c1-25(2,3)38(11,12)34-19-28(30-10)22(37-40(15,16)27(7,8)9)21(36-39(13,14)26(4,5)6)23(35-28)32-18-17-20(29)31-24(32)33/h17-18,21-23H,19H2,1-9,11-16H3,(H2,29,31,33)/t21?,22-,23+,28+/m0/s1. The summed E-state index contributed by atoms with van der Waals surface area (Å²) < 4.78 is 28.8. The molecule has 0 amide bonds. The van der Waals surface area contributed by atoms with E-state index in [1.165, 1.54) is 4.57 Å². The van der Waals surface area contributed by atoms with Crippen LogP contribution in [0.3, 0.4) is 0 Å². The molecule has 0 bridgehead atoms. The quantitative estimate of drug-likeness (QED) is 0.256. The van der Waals surface area contributed by atoms with Crippen molar-refractivity contribution < 1.29 is 18.0 Å². The van der Waals surface area contributed by atoms with Crippen LogP contribution >= 0.6 is 0 Å². The SMILES string of the molecule is [C-]#[N+][C@]1(CO[Si](C)(C)C(C)(C)C)O[C@@H](n2ccc(N)nc2=O)C(O[Si](C)(C)C(C)(C)C)[C@@H]1O[Si](C)(C)C(C)(C)C. The lowest BCUT2D eigenvalue weighted by Gasteiger charge is -2.44. The zero-order valence-corrected chi connectivity index (χ0v) is 30.6. The molecule has 40 heavy (non-hydrogen) atoms. The van der Waals surface area contributed by atoms with E-state index in [4.69, 9.17) is 30.3 Å². The van der Waals surface area contributed by atoms with E-state index in [0.29, 0.717) is 0 Å². The van der Waals surface area contributed by atoms with Gasteiger partial charge in [-0.2, -0.15) is 4.98 Å². The van der Waals surface area contributed by atoms with Crippen molar-refractivity contribution in [3.8, 4) is 0 Å². The van der Waals surface area contributed by atoms with E-state index < -0.39 is 54.8 Å². The van der Waals surface area contributed by atoms with Crippen LogP contribution in [0.2, 0.25) is 54.4 Å². The Balaban J connectivity index is 2.81. The minimum absolute atomic E-state index is 0.0112. The summed E-state index contributed by atoms with van der Waals surface area (Å²) in [6.07, 6.45) is -0.911. The van der Waals surface area contributed by atoms with Gasteiger partial charge >= 0.3 is 11.4 Å². The molecule has 1 saturated heterocycles. The average Bonchev–Trinajstić information content (AvgIpc) is 3.02. The van der Waals surface area contributed by atoms with Crippen LogP contribution < -0.4 is 11.4 Å². The number of hydrogen-bond acceptors (Lipinski definition) is 7. The molecule has 1 aromatic rings.